The number of likely N-dealkylation sites (N-methyl/N-ethyl adjacent to an activating group) is 1. The molecular formula is C24H37N2O3+. The molecule has 2 aliphatic rings. The molecule has 1 fully saturated rings. The largest absolute Gasteiger partial charge is 0.453 e. The van der Waals surface area contributed by atoms with Crippen molar-refractivity contribution in [3.05, 3.63) is 62.0 Å². The summed E-state index contributed by atoms with van der Waals surface area (Å²) in [5.41, 5.74) is 0.640. The van der Waals surface area contributed by atoms with Crippen LogP contribution in [-0.2, 0) is 14.3 Å². The van der Waals surface area contributed by atoms with E-state index in [1.807, 2.05) is 48.5 Å². The summed E-state index contributed by atoms with van der Waals surface area (Å²) in [5, 5.41) is 0. The molecule has 2 rings (SSSR count). The van der Waals surface area contributed by atoms with Crippen LogP contribution in [0.2, 0.25) is 0 Å². The first-order chi connectivity index (χ1) is 13.7. The molecule has 5 nitrogen and oxygen atoms in total. The normalized spacial score (nSPS) is 27.9. The molecule has 0 aliphatic carbocycles. The molecule has 0 aromatic heterocycles. The molecule has 160 valence electrons. The van der Waals surface area contributed by atoms with E-state index in [1.54, 1.807) is 0 Å². The fraction of sp³-hybridized carbons (Fsp3) is 0.542. The zero-order chi connectivity index (χ0) is 21.6. The first kappa shape index (κ1) is 23.2. The smallest absolute Gasteiger partial charge is 0.336 e. The van der Waals surface area contributed by atoms with Gasteiger partial charge in [0.1, 0.15) is 12.8 Å². The molecule has 0 aromatic carbocycles. The molecular weight excluding hydrogens is 364 g/mol. The van der Waals surface area contributed by atoms with E-state index in [0.717, 1.165) is 23.9 Å². The van der Waals surface area contributed by atoms with Crippen LogP contribution >= 0.6 is 0 Å². The number of allylic oxidation sites excluding steroid dienone is 1. The van der Waals surface area contributed by atoms with Crippen LogP contribution in [0.1, 0.15) is 26.2 Å². The highest BCUT2D eigenvalue weighted by atomic mass is 16.5. The minimum absolute atomic E-state index is 0.00570. The van der Waals surface area contributed by atoms with Crippen LogP contribution in [0.4, 0.5) is 0 Å². The van der Waals surface area contributed by atoms with E-state index in [-0.39, 0.29) is 36.2 Å². The molecule has 0 bridgehead atoms. The van der Waals surface area contributed by atoms with Crippen LogP contribution in [0.5, 0.6) is 0 Å². The molecule has 0 saturated carbocycles. The fourth-order valence-corrected chi connectivity index (χ4v) is 3.99. The molecule has 5 heteroatoms. The van der Waals surface area contributed by atoms with Gasteiger partial charge in [-0.25, -0.2) is 4.79 Å². The zero-order valence-electron chi connectivity index (χ0n) is 18.4. The van der Waals surface area contributed by atoms with Gasteiger partial charge in [0.05, 0.1) is 32.8 Å². The van der Waals surface area contributed by atoms with Crippen molar-refractivity contribution >= 4 is 5.97 Å². The average Bonchev–Trinajstić information content (AvgIpc) is 3.04. The van der Waals surface area contributed by atoms with Crippen LogP contribution < -0.4 is 0 Å². The van der Waals surface area contributed by atoms with Crippen LogP contribution in [-0.4, -0.2) is 61.5 Å². The van der Waals surface area contributed by atoms with Crippen LogP contribution in [0.3, 0.4) is 0 Å². The Bertz CT molecular complexity index is 674. The van der Waals surface area contributed by atoms with E-state index in [2.05, 4.69) is 40.9 Å². The summed E-state index contributed by atoms with van der Waals surface area (Å²) in [6.07, 6.45) is 13.3. The predicted octanol–water partition coefficient (Wildman–Crippen LogP) is 4.02. The molecule has 0 spiro atoms. The molecule has 0 aromatic rings. The van der Waals surface area contributed by atoms with Gasteiger partial charge in [0.2, 0.25) is 0 Å². The highest BCUT2D eigenvalue weighted by Crippen LogP contribution is 2.39. The fourth-order valence-electron chi connectivity index (χ4n) is 3.99. The topological polar surface area (TPSA) is 38.8 Å². The van der Waals surface area contributed by atoms with Gasteiger partial charge in [-0.15, -0.1) is 19.7 Å². The molecule has 5 atom stereocenters. The summed E-state index contributed by atoms with van der Waals surface area (Å²) in [4.78, 5) is 14.8. The van der Waals surface area contributed by atoms with E-state index in [4.69, 9.17) is 9.47 Å². The number of carbonyl (C=O) groups excluding carboxylic acids is 1. The van der Waals surface area contributed by atoms with Crippen molar-refractivity contribution in [1.82, 2.24) is 4.90 Å². The standard InChI is InChI=1S/C24H37N2O3/c1-8-13-22-20(10-3)21(11-4)23(29-22)25-15-12-14-18(16-25)24(27)28-19(9-2)17-26(5,6)7/h8,10-12,15-16,19-23H,1,3-4,9,13-14,17H2,2,5-7H3/q+1/t19-,20+,21-,22-,23-/m1/s1. The maximum absolute atomic E-state index is 12.8. The molecule has 2 heterocycles. The third-order valence-electron chi connectivity index (χ3n) is 5.42. The Morgan fingerprint density at radius 3 is 2.55 bits per heavy atom. The van der Waals surface area contributed by atoms with Gasteiger partial charge >= 0.3 is 5.97 Å². The van der Waals surface area contributed by atoms with Crippen molar-refractivity contribution in [2.45, 2.75) is 44.6 Å². The summed E-state index contributed by atoms with van der Waals surface area (Å²) in [6, 6.07) is 0. The summed E-state index contributed by atoms with van der Waals surface area (Å²) in [7, 11) is 6.30. The molecule has 0 amide bonds. The van der Waals surface area contributed by atoms with E-state index >= 15 is 0 Å². The number of rotatable bonds is 10. The van der Waals surface area contributed by atoms with Gasteiger partial charge in [0.15, 0.2) is 6.10 Å². The van der Waals surface area contributed by atoms with E-state index in [0.29, 0.717) is 12.0 Å². The van der Waals surface area contributed by atoms with Crippen LogP contribution in [0, 0.1) is 11.8 Å². The van der Waals surface area contributed by atoms with E-state index < -0.39 is 0 Å². The summed E-state index contributed by atoms with van der Waals surface area (Å²) >= 11 is 0. The Hall–Kier alpha value is -2.11. The van der Waals surface area contributed by atoms with Gasteiger partial charge in [-0.05, 0) is 12.8 Å². The number of carbonyl (C=O) groups is 1. The van der Waals surface area contributed by atoms with Gasteiger partial charge in [-0.3, -0.25) is 0 Å². The summed E-state index contributed by atoms with van der Waals surface area (Å²) < 4.78 is 12.9. The molecule has 0 radical (unpaired) electrons. The maximum atomic E-state index is 12.8. The monoisotopic (exact) mass is 401 g/mol. The maximum Gasteiger partial charge on any atom is 0.336 e. The van der Waals surface area contributed by atoms with Crippen molar-refractivity contribution < 1.29 is 18.8 Å². The zero-order valence-corrected chi connectivity index (χ0v) is 18.4. The van der Waals surface area contributed by atoms with Crippen molar-refractivity contribution in [3.8, 4) is 0 Å². The lowest BCUT2D eigenvalue weighted by atomic mass is 9.87. The second-order valence-corrected chi connectivity index (χ2v) is 8.81. The Labute approximate surface area is 176 Å². The molecule has 29 heavy (non-hydrogen) atoms. The lowest BCUT2D eigenvalue weighted by molar-refractivity contribution is -0.873. The van der Waals surface area contributed by atoms with E-state index in [1.165, 1.54) is 0 Å². The number of nitrogens with zero attached hydrogens (tertiary/aromatic N) is 2. The third kappa shape index (κ3) is 5.94. The Morgan fingerprint density at radius 2 is 2.00 bits per heavy atom. The highest BCUT2D eigenvalue weighted by molar-refractivity contribution is 5.89. The third-order valence-corrected chi connectivity index (χ3v) is 5.42. The number of ether oxygens (including phenoxy) is 2. The molecule has 1 saturated heterocycles. The first-order valence-corrected chi connectivity index (χ1v) is 10.4. The van der Waals surface area contributed by atoms with E-state index in [9.17, 15) is 4.79 Å². The van der Waals surface area contributed by atoms with Crippen molar-refractivity contribution in [2.24, 2.45) is 11.8 Å². The number of esters is 1. The Morgan fingerprint density at radius 1 is 1.31 bits per heavy atom. The lowest BCUT2D eigenvalue weighted by Crippen LogP contribution is -2.43. The Balaban J connectivity index is 2.14. The van der Waals surface area contributed by atoms with Gasteiger partial charge in [0.25, 0.3) is 0 Å². The minimum atomic E-state index is -0.254. The van der Waals surface area contributed by atoms with Crippen molar-refractivity contribution in [1.29, 1.82) is 0 Å². The van der Waals surface area contributed by atoms with Gasteiger partial charge < -0.3 is 18.9 Å². The first-order valence-electron chi connectivity index (χ1n) is 10.4. The minimum Gasteiger partial charge on any atom is -0.453 e. The quantitative estimate of drug-likeness (QED) is 0.315. The number of hydrogen-bond acceptors (Lipinski definition) is 4. The van der Waals surface area contributed by atoms with Gasteiger partial charge in [-0.2, -0.15) is 0 Å². The van der Waals surface area contributed by atoms with Crippen molar-refractivity contribution in [2.75, 3.05) is 27.7 Å². The average molecular weight is 402 g/mol. The molecule has 0 unspecified atom stereocenters. The molecule has 2 aliphatic heterocycles. The van der Waals surface area contributed by atoms with Crippen molar-refractivity contribution in [3.63, 3.8) is 0 Å². The second kappa shape index (κ2) is 10.1. The Kier molecular flexibility index (Phi) is 8.05. The predicted molar refractivity (Wildman–Crippen MR) is 118 cm³/mol. The molecule has 0 N–H and O–H groups in total. The van der Waals surface area contributed by atoms with Gasteiger partial charge in [-0.1, -0.05) is 31.2 Å². The van der Waals surface area contributed by atoms with Gasteiger partial charge in [0, 0.05) is 30.7 Å². The van der Waals surface area contributed by atoms with Crippen LogP contribution in [0.25, 0.3) is 0 Å². The SMILES string of the molecule is C=CC[C@H]1O[C@@H](N2C=CCC(C(=O)O[C@H](CC)C[N+](C)(C)C)=C2)[C@H](C=C)[C@@H]1C=C. The second-order valence-electron chi connectivity index (χ2n) is 8.81. The summed E-state index contributed by atoms with van der Waals surface area (Å²) in [5.74, 6) is -0.0188. The number of quaternary nitrogens is 1. The number of hydrogen-bond donors (Lipinski definition) is 0. The summed E-state index contributed by atoms with van der Waals surface area (Å²) in [6.45, 7) is 14.6. The highest BCUT2D eigenvalue weighted by Gasteiger charge is 2.43. The lowest BCUT2D eigenvalue weighted by Gasteiger charge is -2.31. The van der Waals surface area contributed by atoms with Crippen LogP contribution in [0.15, 0.2) is 62.0 Å².